The Kier molecular flexibility index (Phi) is 5.76. The number of rotatable bonds is 7. The molecule has 1 aromatic heterocycles. The van der Waals surface area contributed by atoms with E-state index < -0.39 is 5.51 Å². The van der Waals surface area contributed by atoms with Crippen LogP contribution in [0, 0.1) is 0 Å². The summed E-state index contributed by atoms with van der Waals surface area (Å²) in [7, 11) is 0. The second kappa shape index (κ2) is 6.85. The van der Waals surface area contributed by atoms with E-state index in [9.17, 15) is 13.2 Å². The average Bonchev–Trinajstić information content (AvgIpc) is 2.64. The van der Waals surface area contributed by atoms with Gasteiger partial charge in [-0.05, 0) is 37.6 Å². The summed E-state index contributed by atoms with van der Waals surface area (Å²) in [6.45, 7) is 0.852. The molecule has 0 aliphatic heterocycles. The summed E-state index contributed by atoms with van der Waals surface area (Å²) in [5.74, 6) is -0.0465. The van der Waals surface area contributed by atoms with Crippen LogP contribution in [0.2, 0.25) is 0 Å². The predicted molar refractivity (Wildman–Crippen MR) is 60.5 cm³/mol. The van der Waals surface area contributed by atoms with Crippen molar-refractivity contribution in [1.29, 1.82) is 0 Å². The van der Waals surface area contributed by atoms with Crippen LogP contribution in [0.1, 0.15) is 18.5 Å². The van der Waals surface area contributed by atoms with Crippen LogP contribution < -0.4 is 5.73 Å². The highest BCUT2D eigenvalue weighted by Crippen LogP contribution is 2.29. The van der Waals surface area contributed by atoms with E-state index >= 15 is 0 Å². The normalized spacial score (nSPS) is 12.0. The van der Waals surface area contributed by atoms with Crippen molar-refractivity contribution in [1.82, 2.24) is 15.0 Å². The highest BCUT2D eigenvalue weighted by molar-refractivity contribution is 8.00. The quantitative estimate of drug-likeness (QED) is 0.766. The van der Waals surface area contributed by atoms with E-state index in [0.29, 0.717) is 6.54 Å². The zero-order valence-electron chi connectivity index (χ0n) is 9.28. The van der Waals surface area contributed by atoms with Crippen molar-refractivity contribution >= 4 is 11.8 Å². The molecule has 0 spiro atoms. The van der Waals surface area contributed by atoms with E-state index in [0.717, 1.165) is 25.0 Å². The standard InChI is InChI=1S/C9H15F3N4S/c10-9(11,12)17-6-5-16-7-8(14-15-16)3-1-2-4-13/h7H,1-6,13H2. The molecule has 8 heteroatoms. The Hall–Kier alpha value is -0.760. The molecule has 0 radical (unpaired) electrons. The van der Waals surface area contributed by atoms with E-state index in [2.05, 4.69) is 10.3 Å². The van der Waals surface area contributed by atoms with Gasteiger partial charge in [0.25, 0.3) is 0 Å². The molecule has 0 bridgehead atoms. The van der Waals surface area contributed by atoms with Gasteiger partial charge < -0.3 is 5.73 Å². The number of unbranched alkanes of at least 4 members (excludes halogenated alkanes) is 1. The van der Waals surface area contributed by atoms with Crippen molar-refractivity contribution in [3.63, 3.8) is 0 Å². The Labute approximate surface area is 102 Å². The van der Waals surface area contributed by atoms with E-state index in [1.165, 1.54) is 4.68 Å². The van der Waals surface area contributed by atoms with E-state index in [1.54, 1.807) is 6.20 Å². The van der Waals surface area contributed by atoms with Gasteiger partial charge >= 0.3 is 5.51 Å². The third-order valence-corrected chi connectivity index (χ3v) is 2.77. The first-order valence-corrected chi connectivity index (χ1v) is 6.29. The third kappa shape index (κ3) is 6.52. The first-order chi connectivity index (χ1) is 8.01. The van der Waals surface area contributed by atoms with Gasteiger partial charge in [-0.15, -0.1) is 5.10 Å². The molecule has 0 atom stereocenters. The van der Waals surface area contributed by atoms with Crippen LogP contribution in [0.25, 0.3) is 0 Å². The van der Waals surface area contributed by atoms with Gasteiger partial charge in [-0.2, -0.15) is 13.2 Å². The Balaban J connectivity index is 2.26. The second-order valence-electron chi connectivity index (χ2n) is 3.51. The third-order valence-electron chi connectivity index (χ3n) is 2.06. The molecule has 0 aliphatic rings. The fourth-order valence-electron chi connectivity index (χ4n) is 1.27. The summed E-state index contributed by atoms with van der Waals surface area (Å²) in [6.07, 6.45) is 4.29. The summed E-state index contributed by atoms with van der Waals surface area (Å²) < 4.78 is 37.1. The van der Waals surface area contributed by atoms with Crippen LogP contribution >= 0.6 is 11.8 Å². The molecule has 4 nitrogen and oxygen atoms in total. The zero-order chi connectivity index (χ0) is 12.7. The molecule has 98 valence electrons. The van der Waals surface area contributed by atoms with Gasteiger partial charge in [0.2, 0.25) is 0 Å². The maximum atomic E-state index is 11.9. The molecule has 17 heavy (non-hydrogen) atoms. The molecule has 0 unspecified atom stereocenters. The second-order valence-corrected chi connectivity index (χ2v) is 4.67. The minimum absolute atomic E-state index is 0.0460. The lowest BCUT2D eigenvalue weighted by molar-refractivity contribution is -0.0328. The summed E-state index contributed by atoms with van der Waals surface area (Å²) >= 11 is -0.0460. The Morgan fingerprint density at radius 3 is 2.76 bits per heavy atom. The van der Waals surface area contributed by atoms with Crippen LogP contribution in [0.4, 0.5) is 13.2 Å². The summed E-state index contributed by atoms with van der Waals surface area (Å²) in [5, 5.41) is 7.65. The van der Waals surface area contributed by atoms with Crippen LogP contribution in [0.15, 0.2) is 6.20 Å². The monoisotopic (exact) mass is 268 g/mol. The number of nitrogens with zero attached hydrogens (tertiary/aromatic N) is 3. The SMILES string of the molecule is NCCCCc1cn(CCSC(F)(F)F)nn1. The molecule has 0 fully saturated rings. The Morgan fingerprint density at radius 1 is 1.35 bits per heavy atom. The van der Waals surface area contributed by atoms with Crippen molar-refractivity contribution in [2.45, 2.75) is 31.3 Å². The van der Waals surface area contributed by atoms with Crippen LogP contribution in [-0.4, -0.2) is 32.8 Å². The van der Waals surface area contributed by atoms with Gasteiger partial charge in [0, 0.05) is 11.9 Å². The maximum Gasteiger partial charge on any atom is 0.441 e. The van der Waals surface area contributed by atoms with Crippen molar-refractivity contribution in [2.75, 3.05) is 12.3 Å². The molecule has 0 aliphatic carbocycles. The van der Waals surface area contributed by atoms with Crippen molar-refractivity contribution < 1.29 is 13.2 Å². The average molecular weight is 268 g/mol. The summed E-state index contributed by atoms with van der Waals surface area (Å²) in [6, 6.07) is 0. The molecule has 0 aromatic carbocycles. The Morgan fingerprint density at radius 2 is 2.12 bits per heavy atom. The summed E-state index contributed by atoms with van der Waals surface area (Å²) in [5.41, 5.74) is 1.98. The molecule has 1 rings (SSSR count). The van der Waals surface area contributed by atoms with Gasteiger partial charge in [0.05, 0.1) is 12.2 Å². The van der Waals surface area contributed by atoms with E-state index in [4.69, 9.17) is 5.73 Å². The fourth-order valence-corrected chi connectivity index (χ4v) is 1.78. The molecular formula is C9H15F3N4S. The van der Waals surface area contributed by atoms with E-state index in [-0.39, 0.29) is 24.1 Å². The lowest BCUT2D eigenvalue weighted by Crippen LogP contribution is -2.07. The maximum absolute atomic E-state index is 11.9. The molecule has 1 heterocycles. The minimum Gasteiger partial charge on any atom is -0.330 e. The first-order valence-electron chi connectivity index (χ1n) is 5.31. The highest BCUT2D eigenvalue weighted by atomic mass is 32.2. The smallest absolute Gasteiger partial charge is 0.330 e. The number of nitrogens with two attached hydrogens (primary N) is 1. The van der Waals surface area contributed by atoms with Gasteiger partial charge in [-0.3, -0.25) is 4.68 Å². The van der Waals surface area contributed by atoms with E-state index in [1.807, 2.05) is 0 Å². The zero-order valence-corrected chi connectivity index (χ0v) is 10.1. The lowest BCUT2D eigenvalue weighted by atomic mass is 10.2. The molecule has 1 aromatic rings. The van der Waals surface area contributed by atoms with Crippen molar-refractivity contribution in [3.8, 4) is 0 Å². The topological polar surface area (TPSA) is 56.7 Å². The molecule has 0 saturated carbocycles. The van der Waals surface area contributed by atoms with Crippen molar-refractivity contribution in [3.05, 3.63) is 11.9 Å². The number of aromatic nitrogens is 3. The number of halogens is 3. The van der Waals surface area contributed by atoms with Crippen LogP contribution in [0.5, 0.6) is 0 Å². The highest BCUT2D eigenvalue weighted by Gasteiger charge is 2.27. The number of hydrogen-bond acceptors (Lipinski definition) is 4. The molecule has 0 saturated heterocycles. The van der Waals surface area contributed by atoms with Crippen LogP contribution in [-0.2, 0) is 13.0 Å². The van der Waals surface area contributed by atoms with Crippen molar-refractivity contribution in [2.24, 2.45) is 5.73 Å². The van der Waals surface area contributed by atoms with Gasteiger partial charge in [-0.25, -0.2) is 0 Å². The summed E-state index contributed by atoms with van der Waals surface area (Å²) in [4.78, 5) is 0. The molecule has 2 N–H and O–H groups in total. The number of alkyl halides is 3. The number of hydrogen-bond donors (Lipinski definition) is 1. The predicted octanol–water partition coefficient (Wildman–Crippen LogP) is 1.81. The van der Waals surface area contributed by atoms with Crippen LogP contribution in [0.3, 0.4) is 0 Å². The van der Waals surface area contributed by atoms with Gasteiger partial charge in [0.15, 0.2) is 0 Å². The lowest BCUT2D eigenvalue weighted by Gasteiger charge is -2.04. The Bertz CT molecular complexity index is 326. The fraction of sp³-hybridized carbons (Fsp3) is 0.778. The first kappa shape index (κ1) is 14.3. The van der Waals surface area contributed by atoms with Gasteiger partial charge in [0.1, 0.15) is 0 Å². The molecular weight excluding hydrogens is 253 g/mol. The minimum atomic E-state index is -4.18. The largest absolute Gasteiger partial charge is 0.441 e. The molecule has 0 amide bonds. The van der Waals surface area contributed by atoms with Gasteiger partial charge in [-0.1, -0.05) is 5.21 Å². The number of thioether (sulfide) groups is 1. The number of aryl methyl sites for hydroxylation is 2.